The fraction of sp³-hybridized carbons (Fsp3) is 0.188. The second-order valence-electron chi connectivity index (χ2n) is 5.68. The number of hydrogen-bond donors (Lipinski definition) is 3. The predicted octanol–water partition coefficient (Wildman–Crippen LogP) is 4.55. The van der Waals surface area contributed by atoms with Gasteiger partial charge in [0.05, 0.1) is 28.9 Å². The summed E-state index contributed by atoms with van der Waals surface area (Å²) in [4.78, 5) is 11.7. The zero-order valence-corrected chi connectivity index (χ0v) is 15.9. The zero-order chi connectivity index (χ0) is 16.7. The highest BCUT2D eigenvalue weighted by Crippen LogP contribution is 2.35. The van der Waals surface area contributed by atoms with E-state index in [0.717, 1.165) is 37.8 Å². The molecule has 3 aromatic heterocycles. The van der Waals surface area contributed by atoms with E-state index in [1.165, 1.54) is 6.33 Å². The number of halogens is 2. The molecule has 0 unspecified atom stereocenters. The summed E-state index contributed by atoms with van der Waals surface area (Å²) in [5.74, 6) is 1.43. The van der Waals surface area contributed by atoms with E-state index in [-0.39, 0.29) is 18.5 Å². The number of rotatable bonds is 4. The average molecular weight is 424 g/mol. The molecule has 130 valence electrons. The van der Waals surface area contributed by atoms with Gasteiger partial charge in [0.2, 0.25) is 0 Å². The second kappa shape index (κ2) is 6.89. The monoisotopic (exact) mass is 422 g/mol. The Morgan fingerprint density at radius 1 is 1.24 bits per heavy atom. The molecule has 0 aliphatic rings. The van der Waals surface area contributed by atoms with E-state index in [4.69, 9.17) is 4.74 Å². The summed E-state index contributed by atoms with van der Waals surface area (Å²) in [5.41, 5.74) is 2.51. The van der Waals surface area contributed by atoms with Crippen molar-refractivity contribution < 1.29 is 4.74 Å². The Hall–Kier alpha value is -2.32. The van der Waals surface area contributed by atoms with E-state index < -0.39 is 0 Å². The number of benzene rings is 1. The van der Waals surface area contributed by atoms with Gasteiger partial charge in [-0.25, -0.2) is 9.97 Å². The van der Waals surface area contributed by atoms with Crippen LogP contribution in [-0.2, 0) is 0 Å². The lowest BCUT2D eigenvalue weighted by atomic mass is 10.2. The van der Waals surface area contributed by atoms with Gasteiger partial charge in [-0.2, -0.15) is 5.10 Å². The third-order valence-electron chi connectivity index (χ3n) is 3.58. The summed E-state index contributed by atoms with van der Waals surface area (Å²) in [7, 11) is 0. The van der Waals surface area contributed by atoms with Gasteiger partial charge in [-0.05, 0) is 35.8 Å². The van der Waals surface area contributed by atoms with E-state index in [2.05, 4.69) is 46.4 Å². The molecule has 0 atom stereocenters. The van der Waals surface area contributed by atoms with Crippen molar-refractivity contribution in [2.75, 3.05) is 5.32 Å². The molecule has 0 aliphatic carbocycles. The second-order valence-corrected chi connectivity index (χ2v) is 6.53. The summed E-state index contributed by atoms with van der Waals surface area (Å²) in [6.45, 7) is 3.99. The molecule has 25 heavy (non-hydrogen) atoms. The molecule has 3 N–H and O–H groups in total. The number of aromatic nitrogens is 5. The summed E-state index contributed by atoms with van der Waals surface area (Å²) in [6, 6.07) is 3.93. The van der Waals surface area contributed by atoms with Gasteiger partial charge in [0.25, 0.3) is 0 Å². The third kappa shape index (κ3) is 3.27. The van der Waals surface area contributed by atoms with Crippen LogP contribution in [0.3, 0.4) is 0 Å². The number of aromatic amines is 2. The minimum atomic E-state index is 0. The Labute approximate surface area is 158 Å². The number of H-pyrrole nitrogens is 2. The molecule has 1 aromatic carbocycles. The summed E-state index contributed by atoms with van der Waals surface area (Å²) in [5, 5.41) is 12.3. The van der Waals surface area contributed by atoms with E-state index in [9.17, 15) is 0 Å². The summed E-state index contributed by atoms with van der Waals surface area (Å²) >= 11 is 3.53. The lowest BCUT2D eigenvalue weighted by Gasteiger charge is -2.16. The van der Waals surface area contributed by atoms with E-state index in [1.807, 2.05) is 32.2 Å². The Kier molecular flexibility index (Phi) is 4.82. The van der Waals surface area contributed by atoms with Gasteiger partial charge >= 0.3 is 0 Å². The number of fused-ring (bicyclic) bond motifs is 2. The standard InChI is InChI=1S/C16H15BrN6O.ClH/c1-8(2)24-13-4-11-9(5-21-23-11)3-12(13)22-16-14-10(17)6-18-15(14)19-7-20-16;/h3-8H,1-2H3,(H,21,23)(H2,18,19,20,22);1H. The van der Waals surface area contributed by atoms with Gasteiger partial charge < -0.3 is 15.0 Å². The molecular weight excluding hydrogens is 408 g/mol. The van der Waals surface area contributed by atoms with Gasteiger partial charge in [0.1, 0.15) is 23.5 Å². The Morgan fingerprint density at radius 3 is 2.88 bits per heavy atom. The molecule has 0 fully saturated rings. The highest BCUT2D eigenvalue weighted by Gasteiger charge is 2.14. The molecule has 4 aromatic rings. The molecular formula is C16H16BrClN6O. The Morgan fingerprint density at radius 2 is 2.08 bits per heavy atom. The van der Waals surface area contributed by atoms with Crippen LogP contribution in [0, 0.1) is 0 Å². The smallest absolute Gasteiger partial charge is 0.145 e. The fourth-order valence-corrected chi connectivity index (χ4v) is 3.06. The van der Waals surface area contributed by atoms with Crippen LogP contribution in [-0.4, -0.2) is 31.3 Å². The molecule has 9 heteroatoms. The maximum absolute atomic E-state index is 5.95. The molecule has 0 saturated heterocycles. The third-order valence-corrected chi connectivity index (χ3v) is 4.20. The van der Waals surface area contributed by atoms with Gasteiger partial charge in [-0.3, -0.25) is 5.10 Å². The largest absolute Gasteiger partial charge is 0.489 e. The molecule has 4 rings (SSSR count). The molecule has 0 saturated carbocycles. The normalized spacial score (nSPS) is 11.0. The SMILES string of the molecule is CC(C)Oc1cc2[nH]ncc2cc1Nc1ncnc2[nH]cc(Br)c12.Cl. The zero-order valence-electron chi connectivity index (χ0n) is 13.5. The van der Waals surface area contributed by atoms with Crippen molar-refractivity contribution in [3.05, 3.63) is 35.3 Å². The first-order valence-electron chi connectivity index (χ1n) is 7.50. The molecule has 0 amide bonds. The quantitative estimate of drug-likeness (QED) is 0.448. The number of hydrogen-bond acceptors (Lipinski definition) is 5. The highest BCUT2D eigenvalue weighted by molar-refractivity contribution is 9.10. The molecule has 0 aliphatic heterocycles. The fourth-order valence-electron chi connectivity index (χ4n) is 2.57. The lowest BCUT2D eigenvalue weighted by Crippen LogP contribution is -2.08. The molecule has 3 heterocycles. The number of nitrogens with one attached hydrogen (secondary N) is 3. The van der Waals surface area contributed by atoms with Crippen molar-refractivity contribution in [3.63, 3.8) is 0 Å². The summed E-state index contributed by atoms with van der Waals surface area (Å²) in [6.07, 6.45) is 5.19. The minimum absolute atomic E-state index is 0. The Balaban J connectivity index is 0.00000182. The first kappa shape index (κ1) is 17.5. The van der Waals surface area contributed by atoms with Crippen LogP contribution in [0.15, 0.2) is 35.3 Å². The van der Waals surface area contributed by atoms with Crippen LogP contribution in [0.5, 0.6) is 5.75 Å². The Bertz CT molecular complexity index is 1030. The molecule has 0 spiro atoms. The van der Waals surface area contributed by atoms with Crippen molar-refractivity contribution in [2.45, 2.75) is 20.0 Å². The predicted molar refractivity (Wildman–Crippen MR) is 104 cm³/mol. The van der Waals surface area contributed by atoms with Gasteiger partial charge in [-0.1, -0.05) is 0 Å². The number of anilines is 2. The van der Waals surface area contributed by atoms with Crippen molar-refractivity contribution in [1.82, 2.24) is 25.1 Å². The van der Waals surface area contributed by atoms with Crippen LogP contribution in [0.1, 0.15) is 13.8 Å². The van der Waals surface area contributed by atoms with Crippen molar-refractivity contribution in [2.24, 2.45) is 0 Å². The van der Waals surface area contributed by atoms with Crippen LogP contribution >= 0.6 is 28.3 Å². The van der Waals surface area contributed by atoms with Crippen LogP contribution in [0.2, 0.25) is 0 Å². The average Bonchev–Trinajstić information content (AvgIpc) is 3.14. The first-order chi connectivity index (χ1) is 11.6. The topological polar surface area (TPSA) is 91.5 Å². The van der Waals surface area contributed by atoms with Gasteiger partial charge in [-0.15, -0.1) is 12.4 Å². The number of ether oxygens (including phenoxy) is 1. The summed E-state index contributed by atoms with van der Waals surface area (Å²) < 4.78 is 6.84. The first-order valence-corrected chi connectivity index (χ1v) is 8.29. The van der Waals surface area contributed by atoms with E-state index in [0.29, 0.717) is 5.82 Å². The van der Waals surface area contributed by atoms with Crippen molar-refractivity contribution in [3.8, 4) is 5.75 Å². The maximum atomic E-state index is 5.95. The van der Waals surface area contributed by atoms with Crippen LogP contribution in [0.4, 0.5) is 11.5 Å². The minimum Gasteiger partial charge on any atom is -0.489 e. The van der Waals surface area contributed by atoms with Crippen LogP contribution in [0.25, 0.3) is 21.9 Å². The molecule has 0 bridgehead atoms. The maximum Gasteiger partial charge on any atom is 0.145 e. The highest BCUT2D eigenvalue weighted by atomic mass is 79.9. The van der Waals surface area contributed by atoms with Crippen LogP contribution < -0.4 is 10.1 Å². The lowest BCUT2D eigenvalue weighted by molar-refractivity contribution is 0.244. The van der Waals surface area contributed by atoms with E-state index >= 15 is 0 Å². The number of nitrogens with zero attached hydrogens (tertiary/aromatic N) is 3. The van der Waals surface area contributed by atoms with Crippen molar-refractivity contribution in [1.29, 1.82) is 0 Å². The van der Waals surface area contributed by atoms with Gasteiger partial charge in [0.15, 0.2) is 0 Å². The van der Waals surface area contributed by atoms with Gasteiger partial charge in [0, 0.05) is 22.1 Å². The van der Waals surface area contributed by atoms with Crippen molar-refractivity contribution >= 4 is 61.8 Å². The molecule has 7 nitrogen and oxygen atoms in total. The molecule has 0 radical (unpaired) electrons. The van der Waals surface area contributed by atoms with E-state index in [1.54, 1.807) is 6.20 Å².